The van der Waals surface area contributed by atoms with Gasteiger partial charge < -0.3 is 0 Å². The van der Waals surface area contributed by atoms with Crippen molar-refractivity contribution in [2.24, 2.45) is 7.05 Å². The van der Waals surface area contributed by atoms with E-state index >= 15 is 0 Å². The molecule has 0 fully saturated rings. The van der Waals surface area contributed by atoms with Gasteiger partial charge in [-0.2, -0.15) is 0 Å². The second-order valence-electron chi connectivity index (χ2n) is 4.36. The third-order valence-electron chi connectivity index (χ3n) is 3.15. The Morgan fingerprint density at radius 2 is 1.76 bits per heavy atom. The molecule has 2 aromatic rings. The van der Waals surface area contributed by atoms with Crippen molar-refractivity contribution in [3.8, 4) is 5.69 Å². The molecule has 90 valence electrons. The second kappa shape index (κ2) is 4.70. The van der Waals surface area contributed by atoms with Crippen molar-refractivity contribution in [2.45, 2.75) is 33.6 Å². The Hall–Kier alpha value is -1.64. The van der Waals surface area contributed by atoms with Crippen LogP contribution in [-0.4, -0.2) is 9.90 Å². The fourth-order valence-electron chi connectivity index (χ4n) is 2.23. The van der Waals surface area contributed by atoms with Crippen LogP contribution in [0.5, 0.6) is 0 Å². The average Bonchev–Trinajstić information content (AvgIpc) is 2.66. The highest BCUT2D eigenvalue weighted by Gasteiger charge is 2.21. The maximum Gasteiger partial charge on any atom is 0.177 e. The van der Waals surface area contributed by atoms with Gasteiger partial charge in [0.25, 0.3) is 0 Å². The van der Waals surface area contributed by atoms with Crippen molar-refractivity contribution >= 4 is 0 Å². The van der Waals surface area contributed by atoms with Crippen LogP contribution in [0.4, 0.5) is 0 Å². The highest BCUT2D eigenvalue weighted by atomic mass is 15.5. The monoisotopic (exact) mass is 230 g/mol. The molecule has 0 bridgehead atoms. The molecule has 0 N–H and O–H groups in total. The highest BCUT2D eigenvalue weighted by Crippen LogP contribution is 2.13. The van der Waals surface area contributed by atoms with E-state index in [1.165, 1.54) is 17.0 Å². The quantitative estimate of drug-likeness (QED) is 0.740. The van der Waals surface area contributed by atoms with Gasteiger partial charge >= 0.3 is 0 Å². The third kappa shape index (κ3) is 2.09. The van der Waals surface area contributed by atoms with E-state index in [2.05, 4.69) is 54.9 Å². The standard InChI is InChI=1S/C14H20N3/c1-5-13-14(6-2)17(15-16(13)4)12-9-7-11(3)8-10-12/h7-10H,5-6H2,1-4H3/q+1. The molecular formula is C14H20N3+. The number of benzene rings is 1. The maximum atomic E-state index is 4.59. The Kier molecular flexibility index (Phi) is 3.27. The SMILES string of the molecule is CCc1c(CC)[n+](C)nn1-c1ccc(C)cc1. The molecule has 3 nitrogen and oxygen atoms in total. The van der Waals surface area contributed by atoms with Crippen molar-refractivity contribution in [3.05, 3.63) is 41.2 Å². The molecule has 2 rings (SSSR count). The topological polar surface area (TPSA) is 21.7 Å². The number of aromatic nitrogens is 3. The van der Waals surface area contributed by atoms with Crippen LogP contribution < -0.4 is 4.68 Å². The minimum absolute atomic E-state index is 1.00. The Balaban J connectivity index is 2.55. The minimum Gasteiger partial charge on any atom is -0.137 e. The average molecular weight is 230 g/mol. The summed E-state index contributed by atoms with van der Waals surface area (Å²) in [7, 11) is 2.02. The first-order chi connectivity index (χ1) is 8.17. The number of hydrogen-bond acceptors (Lipinski definition) is 1. The van der Waals surface area contributed by atoms with E-state index in [1.807, 2.05) is 11.7 Å². The lowest BCUT2D eigenvalue weighted by molar-refractivity contribution is -0.738. The second-order valence-corrected chi connectivity index (χ2v) is 4.36. The maximum absolute atomic E-state index is 4.59. The van der Waals surface area contributed by atoms with E-state index in [0.29, 0.717) is 0 Å². The summed E-state index contributed by atoms with van der Waals surface area (Å²) in [6, 6.07) is 8.51. The van der Waals surface area contributed by atoms with Crippen molar-refractivity contribution in [1.29, 1.82) is 0 Å². The van der Waals surface area contributed by atoms with E-state index in [4.69, 9.17) is 0 Å². The number of rotatable bonds is 3. The Morgan fingerprint density at radius 3 is 2.29 bits per heavy atom. The predicted octanol–water partition coefficient (Wildman–Crippen LogP) is 2.13. The van der Waals surface area contributed by atoms with Gasteiger partial charge in [-0.05, 0) is 19.1 Å². The van der Waals surface area contributed by atoms with E-state index in [9.17, 15) is 0 Å². The van der Waals surface area contributed by atoms with Crippen LogP contribution in [-0.2, 0) is 19.9 Å². The van der Waals surface area contributed by atoms with Gasteiger partial charge in [0.1, 0.15) is 7.05 Å². The predicted molar refractivity (Wildman–Crippen MR) is 68.2 cm³/mol. The van der Waals surface area contributed by atoms with E-state index in [0.717, 1.165) is 18.5 Å². The summed E-state index contributed by atoms with van der Waals surface area (Å²) in [5.74, 6) is 0. The largest absolute Gasteiger partial charge is 0.177 e. The normalized spacial score (nSPS) is 10.8. The lowest BCUT2D eigenvalue weighted by Crippen LogP contribution is -2.35. The number of hydrogen-bond donors (Lipinski definition) is 0. The summed E-state index contributed by atoms with van der Waals surface area (Å²) >= 11 is 0. The van der Waals surface area contributed by atoms with Crippen molar-refractivity contribution in [3.63, 3.8) is 0 Å². The van der Waals surface area contributed by atoms with Gasteiger partial charge in [-0.25, -0.2) is 0 Å². The molecule has 0 saturated carbocycles. The molecule has 0 radical (unpaired) electrons. The minimum atomic E-state index is 1.00. The summed E-state index contributed by atoms with van der Waals surface area (Å²) < 4.78 is 4.04. The summed E-state index contributed by atoms with van der Waals surface area (Å²) in [5, 5.41) is 4.59. The van der Waals surface area contributed by atoms with Crippen LogP contribution in [0.15, 0.2) is 24.3 Å². The van der Waals surface area contributed by atoms with Gasteiger partial charge in [0.05, 0.1) is 5.21 Å². The molecule has 0 aliphatic carbocycles. The molecule has 17 heavy (non-hydrogen) atoms. The van der Waals surface area contributed by atoms with E-state index in [1.54, 1.807) is 0 Å². The Bertz CT molecular complexity index is 509. The third-order valence-corrected chi connectivity index (χ3v) is 3.15. The fourth-order valence-corrected chi connectivity index (χ4v) is 2.23. The summed E-state index contributed by atoms with van der Waals surface area (Å²) in [6.45, 7) is 6.46. The van der Waals surface area contributed by atoms with Crippen molar-refractivity contribution in [2.75, 3.05) is 0 Å². The highest BCUT2D eigenvalue weighted by molar-refractivity contribution is 5.35. The van der Waals surface area contributed by atoms with Crippen molar-refractivity contribution < 1.29 is 4.68 Å². The summed E-state index contributed by atoms with van der Waals surface area (Å²) in [5.41, 5.74) is 5.04. The summed E-state index contributed by atoms with van der Waals surface area (Å²) in [4.78, 5) is 0. The van der Waals surface area contributed by atoms with Gasteiger partial charge in [0, 0.05) is 12.8 Å². The lowest BCUT2D eigenvalue weighted by Gasteiger charge is -1.98. The van der Waals surface area contributed by atoms with Crippen LogP contribution in [0.3, 0.4) is 0 Å². The molecule has 1 aromatic heterocycles. The van der Waals surface area contributed by atoms with Crippen LogP contribution in [0, 0.1) is 6.92 Å². The zero-order valence-electron chi connectivity index (χ0n) is 11.1. The number of aryl methyl sites for hydroxylation is 2. The first-order valence-corrected chi connectivity index (χ1v) is 6.21. The fraction of sp³-hybridized carbons (Fsp3) is 0.429. The van der Waals surface area contributed by atoms with Gasteiger partial charge in [0.2, 0.25) is 0 Å². The van der Waals surface area contributed by atoms with Gasteiger partial charge in [-0.15, -0.1) is 4.68 Å². The Morgan fingerprint density at radius 1 is 1.12 bits per heavy atom. The Labute approximate surface area is 103 Å². The molecule has 1 heterocycles. The molecule has 3 heteroatoms. The summed E-state index contributed by atoms with van der Waals surface area (Å²) in [6.07, 6.45) is 2.02. The first kappa shape index (κ1) is 11.8. The van der Waals surface area contributed by atoms with Crippen LogP contribution in [0.25, 0.3) is 5.69 Å². The molecule has 0 saturated heterocycles. The van der Waals surface area contributed by atoms with Gasteiger partial charge in [-0.3, -0.25) is 0 Å². The lowest BCUT2D eigenvalue weighted by atomic mass is 10.2. The molecule has 0 spiro atoms. The van der Waals surface area contributed by atoms with E-state index in [-0.39, 0.29) is 0 Å². The zero-order valence-corrected chi connectivity index (χ0v) is 11.1. The van der Waals surface area contributed by atoms with Gasteiger partial charge in [0.15, 0.2) is 17.1 Å². The molecule has 0 aliphatic heterocycles. The van der Waals surface area contributed by atoms with Crippen molar-refractivity contribution in [1.82, 2.24) is 9.90 Å². The van der Waals surface area contributed by atoms with Gasteiger partial charge in [-0.1, -0.05) is 36.2 Å². The van der Waals surface area contributed by atoms with Crippen LogP contribution >= 0.6 is 0 Å². The van der Waals surface area contributed by atoms with E-state index < -0.39 is 0 Å². The molecule has 0 atom stereocenters. The first-order valence-electron chi connectivity index (χ1n) is 6.21. The molecular weight excluding hydrogens is 210 g/mol. The molecule has 0 aliphatic rings. The smallest absolute Gasteiger partial charge is 0.137 e. The van der Waals surface area contributed by atoms with Crippen LogP contribution in [0.2, 0.25) is 0 Å². The van der Waals surface area contributed by atoms with Crippen LogP contribution in [0.1, 0.15) is 30.8 Å². The molecule has 0 unspecified atom stereocenters. The molecule has 1 aromatic carbocycles. The zero-order chi connectivity index (χ0) is 12.4. The molecule has 0 amide bonds. The number of nitrogens with zero attached hydrogens (tertiary/aromatic N) is 3.